The van der Waals surface area contributed by atoms with Gasteiger partial charge in [0.25, 0.3) is 5.91 Å². The van der Waals surface area contributed by atoms with E-state index in [0.717, 1.165) is 66.0 Å². The van der Waals surface area contributed by atoms with Crippen molar-refractivity contribution in [1.29, 1.82) is 5.26 Å². The van der Waals surface area contributed by atoms with Crippen molar-refractivity contribution in [3.05, 3.63) is 41.5 Å². The highest BCUT2D eigenvalue weighted by atomic mass is 16.6. The number of ether oxygens (including phenoxy) is 2. The van der Waals surface area contributed by atoms with E-state index in [1.165, 1.54) is 71.3 Å². The Kier molecular flexibility index (Phi) is 14.9. The minimum atomic E-state index is -0.440. The molecule has 0 atom stereocenters. The number of aryl methyl sites for hydroxylation is 2. The molecule has 0 bridgehead atoms. The number of hydrogen-bond donors (Lipinski definition) is 1. The summed E-state index contributed by atoms with van der Waals surface area (Å²) in [7, 11) is 3.00. The van der Waals surface area contributed by atoms with Crippen LogP contribution in [0.4, 0.5) is 0 Å². The van der Waals surface area contributed by atoms with Crippen molar-refractivity contribution in [2.45, 2.75) is 116 Å². The van der Waals surface area contributed by atoms with Gasteiger partial charge in [0.05, 0.1) is 13.2 Å². The van der Waals surface area contributed by atoms with Gasteiger partial charge in [0.2, 0.25) is 0 Å². The molecule has 0 fully saturated rings. The molecule has 2 aromatic carbocycles. The van der Waals surface area contributed by atoms with E-state index in [0.29, 0.717) is 17.7 Å². The smallest absolute Gasteiger partial charge is 0.343 e. The van der Waals surface area contributed by atoms with E-state index in [-0.39, 0.29) is 12.5 Å². The van der Waals surface area contributed by atoms with Crippen molar-refractivity contribution < 1.29 is 19.1 Å². The summed E-state index contributed by atoms with van der Waals surface area (Å²) in [5.41, 5.74) is 3.77. The monoisotopic (exact) mass is 589 g/mol. The number of aromatic nitrogens is 1. The Morgan fingerprint density at radius 3 is 2.21 bits per heavy atom. The van der Waals surface area contributed by atoms with Gasteiger partial charge in [0.1, 0.15) is 5.75 Å². The quantitative estimate of drug-likeness (QED) is 0.0991. The molecule has 3 aromatic rings. The molecule has 1 N–H and O–H groups in total. The lowest BCUT2D eigenvalue weighted by molar-refractivity contribution is -0.142. The number of nitrogens with one attached hydrogen (secondary N) is 1. The fraction of sp³-hybridized carbons (Fsp3) is 0.583. The molecular formula is C36H51N3O4. The Labute approximate surface area is 257 Å². The molecule has 0 radical (unpaired) electrons. The van der Waals surface area contributed by atoms with E-state index >= 15 is 0 Å². The zero-order valence-corrected chi connectivity index (χ0v) is 26.6. The minimum Gasteiger partial charge on any atom is -0.482 e. The number of carbonyl (C=O) groups excluding carboxylic acids is 2. The van der Waals surface area contributed by atoms with E-state index in [1.807, 2.05) is 18.2 Å². The Morgan fingerprint density at radius 1 is 0.884 bits per heavy atom. The summed E-state index contributed by atoms with van der Waals surface area (Å²) in [5, 5.41) is 13.6. The number of nitrogens with zero attached hydrogens (tertiary/aromatic N) is 2. The van der Waals surface area contributed by atoms with Crippen LogP contribution in [0.1, 0.15) is 119 Å². The molecule has 0 saturated heterocycles. The van der Waals surface area contributed by atoms with Crippen LogP contribution in [0.15, 0.2) is 30.3 Å². The van der Waals surface area contributed by atoms with Gasteiger partial charge in [-0.3, -0.25) is 4.79 Å². The maximum Gasteiger partial charge on any atom is 0.343 e. The first-order valence-corrected chi connectivity index (χ1v) is 16.4. The lowest BCUT2D eigenvalue weighted by Crippen LogP contribution is -2.18. The first-order valence-electron chi connectivity index (χ1n) is 16.4. The van der Waals surface area contributed by atoms with Crippen LogP contribution in [-0.4, -0.2) is 37.2 Å². The molecule has 1 aromatic heterocycles. The Hall–Kier alpha value is -3.53. The van der Waals surface area contributed by atoms with Gasteiger partial charge in [-0.25, -0.2) is 4.79 Å². The van der Waals surface area contributed by atoms with Crippen molar-refractivity contribution in [2.24, 2.45) is 0 Å². The van der Waals surface area contributed by atoms with Crippen LogP contribution in [0.2, 0.25) is 0 Å². The molecule has 234 valence electrons. The zero-order valence-electron chi connectivity index (χ0n) is 26.6. The maximum absolute atomic E-state index is 12.9. The van der Waals surface area contributed by atoms with Crippen LogP contribution in [0, 0.1) is 11.3 Å². The van der Waals surface area contributed by atoms with Gasteiger partial charge >= 0.3 is 5.97 Å². The van der Waals surface area contributed by atoms with Crippen molar-refractivity contribution in [3.8, 4) is 11.8 Å². The van der Waals surface area contributed by atoms with Gasteiger partial charge in [-0.15, -0.1) is 0 Å². The number of unbranched alkanes of at least 4 members (excludes halogenated alkanes) is 13. The zero-order chi connectivity index (χ0) is 30.9. The number of nitriles is 1. The van der Waals surface area contributed by atoms with Gasteiger partial charge in [-0.05, 0) is 55.5 Å². The highest BCUT2D eigenvalue weighted by Crippen LogP contribution is 2.37. The van der Waals surface area contributed by atoms with Crippen molar-refractivity contribution in [2.75, 3.05) is 20.8 Å². The second-order valence-corrected chi connectivity index (χ2v) is 11.5. The molecule has 7 nitrogen and oxygen atoms in total. The minimum absolute atomic E-state index is 0.127. The van der Waals surface area contributed by atoms with Crippen LogP contribution < -0.4 is 10.1 Å². The molecule has 43 heavy (non-hydrogen) atoms. The largest absolute Gasteiger partial charge is 0.482 e. The fourth-order valence-electron chi connectivity index (χ4n) is 5.93. The molecule has 0 aliphatic carbocycles. The van der Waals surface area contributed by atoms with E-state index in [1.54, 1.807) is 7.05 Å². The first kappa shape index (κ1) is 34.0. The van der Waals surface area contributed by atoms with Crippen LogP contribution in [0.25, 0.3) is 21.8 Å². The number of hydrogen-bond acceptors (Lipinski definition) is 5. The number of esters is 1. The van der Waals surface area contributed by atoms with Crippen molar-refractivity contribution >= 4 is 33.7 Å². The van der Waals surface area contributed by atoms with E-state index in [4.69, 9.17) is 14.7 Å². The molecular weight excluding hydrogens is 538 g/mol. The maximum atomic E-state index is 12.9. The van der Waals surface area contributed by atoms with Gasteiger partial charge in [0, 0.05) is 47.4 Å². The average Bonchev–Trinajstić information content (AvgIpc) is 3.33. The van der Waals surface area contributed by atoms with Crippen molar-refractivity contribution in [1.82, 2.24) is 9.88 Å². The summed E-state index contributed by atoms with van der Waals surface area (Å²) < 4.78 is 13.2. The van der Waals surface area contributed by atoms with Crippen LogP contribution >= 0.6 is 0 Å². The molecule has 1 amide bonds. The third-order valence-electron chi connectivity index (χ3n) is 8.34. The van der Waals surface area contributed by atoms with Gasteiger partial charge in [-0.2, -0.15) is 5.26 Å². The molecule has 1 heterocycles. The normalized spacial score (nSPS) is 11.1. The summed E-state index contributed by atoms with van der Waals surface area (Å²) in [6.45, 7) is 2.96. The lowest BCUT2D eigenvalue weighted by Gasteiger charge is -2.13. The fourth-order valence-corrected chi connectivity index (χ4v) is 5.93. The predicted molar refractivity (Wildman–Crippen MR) is 175 cm³/mol. The lowest BCUT2D eigenvalue weighted by atomic mass is 10.0. The summed E-state index contributed by atoms with van der Waals surface area (Å²) in [6.07, 6.45) is 18.3. The standard InChI is InChI=1S/C36H51N3O4/c1-4-5-6-7-8-9-10-11-12-15-18-24-39-31-22-19-21-29(36(41)38-2)35(31)30-26-33(43-27-34(40)42-3)28(25-32(30)39)20-16-13-14-17-23-37/h19,21-22,25-26H,4-18,20,24,27H2,1-3H3,(H,38,41). The van der Waals surface area contributed by atoms with Gasteiger partial charge < -0.3 is 19.4 Å². The first-order chi connectivity index (χ1) is 21.0. The summed E-state index contributed by atoms with van der Waals surface area (Å²) in [5.74, 6) is 0.0709. The summed E-state index contributed by atoms with van der Waals surface area (Å²) in [4.78, 5) is 24.9. The number of rotatable bonds is 21. The molecule has 3 rings (SSSR count). The third-order valence-corrected chi connectivity index (χ3v) is 8.34. The number of fused-ring (bicyclic) bond motifs is 3. The van der Waals surface area contributed by atoms with E-state index in [9.17, 15) is 9.59 Å². The van der Waals surface area contributed by atoms with Gasteiger partial charge in [0.15, 0.2) is 6.61 Å². The number of benzene rings is 2. The predicted octanol–water partition coefficient (Wildman–Crippen LogP) is 8.64. The summed E-state index contributed by atoms with van der Waals surface area (Å²) >= 11 is 0. The van der Waals surface area contributed by atoms with Crippen LogP contribution in [0.5, 0.6) is 5.75 Å². The number of amides is 1. The van der Waals surface area contributed by atoms with Crippen molar-refractivity contribution in [3.63, 3.8) is 0 Å². The highest BCUT2D eigenvalue weighted by molar-refractivity contribution is 6.18. The Bertz CT molecular complexity index is 1350. The summed E-state index contributed by atoms with van der Waals surface area (Å²) in [6, 6.07) is 12.3. The molecule has 0 saturated carbocycles. The van der Waals surface area contributed by atoms with Gasteiger partial charge in [-0.1, -0.05) is 83.6 Å². The van der Waals surface area contributed by atoms with Crippen LogP contribution in [-0.2, 0) is 22.5 Å². The molecule has 0 aliphatic rings. The molecule has 0 unspecified atom stereocenters. The van der Waals surface area contributed by atoms with Crippen LogP contribution in [0.3, 0.4) is 0 Å². The highest BCUT2D eigenvalue weighted by Gasteiger charge is 2.20. The Balaban J connectivity index is 1.85. The second-order valence-electron chi connectivity index (χ2n) is 11.5. The number of carbonyl (C=O) groups is 2. The van der Waals surface area contributed by atoms with E-state index < -0.39 is 5.97 Å². The Morgan fingerprint density at radius 2 is 1.56 bits per heavy atom. The molecule has 0 spiro atoms. The molecule has 7 heteroatoms. The molecule has 0 aliphatic heterocycles. The SMILES string of the molecule is CCCCCCCCCCCCCn1c2cc(CCCCCC#N)c(OCC(=O)OC)cc2c2c(C(=O)NC)cccc21. The van der Waals surface area contributed by atoms with E-state index in [2.05, 4.69) is 35.0 Å². The third kappa shape index (κ3) is 10.0. The average molecular weight is 590 g/mol. The topological polar surface area (TPSA) is 93.3 Å². The number of methoxy groups -OCH3 is 1. The second kappa shape index (κ2) is 18.9.